The molecule has 3 aliphatic heterocycles. The van der Waals surface area contributed by atoms with Gasteiger partial charge in [-0.3, -0.25) is 24.5 Å². The van der Waals surface area contributed by atoms with Crippen LogP contribution in [0.2, 0.25) is 0 Å². The number of halogens is 22. The van der Waals surface area contributed by atoms with Crippen LogP contribution in [0.25, 0.3) is 55.6 Å². The molecule has 762 valence electrons. The van der Waals surface area contributed by atoms with Gasteiger partial charge in [0.25, 0.3) is 0 Å². The zero-order chi connectivity index (χ0) is 105. The quantitative estimate of drug-likeness (QED) is 0.0446. The van der Waals surface area contributed by atoms with Crippen LogP contribution in [0, 0.1) is 39.4 Å². The molecule has 4 saturated carbocycles. The van der Waals surface area contributed by atoms with Crippen LogP contribution in [-0.4, -0.2) is 119 Å². The van der Waals surface area contributed by atoms with Gasteiger partial charge >= 0.3 is 79.4 Å². The van der Waals surface area contributed by atoms with Gasteiger partial charge in [0.1, 0.15) is 34.5 Å². The molecule has 43 heteroatoms. The van der Waals surface area contributed by atoms with Gasteiger partial charge in [0.05, 0.1) is 120 Å². The third-order valence-electron chi connectivity index (χ3n) is 26.9. The molecule has 11 aromatic rings. The number of hydrogen-bond donors (Lipinski definition) is 3. The Kier molecular flexibility index (Phi) is 26.7. The van der Waals surface area contributed by atoms with E-state index < -0.39 is 189 Å². The van der Waals surface area contributed by atoms with Crippen molar-refractivity contribution in [1.29, 1.82) is 0 Å². The Bertz CT molecular complexity index is 6970. The van der Waals surface area contributed by atoms with Gasteiger partial charge in [0.15, 0.2) is 18.3 Å². The van der Waals surface area contributed by atoms with Crippen molar-refractivity contribution in [2.24, 2.45) is 5.92 Å². The molecule has 3 aromatic heterocycles. The third-order valence-corrected chi connectivity index (χ3v) is 26.9. The summed E-state index contributed by atoms with van der Waals surface area (Å²) in [6.45, 7) is 5.35. The summed E-state index contributed by atoms with van der Waals surface area (Å²) < 4.78 is 337. The van der Waals surface area contributed by atoms with E-state index in [1.54, 1.807) is 50.1 Å². The highest BCUT2D eigenvalue weighted by Crippen LogP contribution is 2.63. The molecule has 4 aliphatic carbocycles. The number of alkyl halides is 21. The molecule has 3 N–H and O–H groups in total. The first-order valence-corrected chi connectivity index (χ1v) is 44.3. The van der Waals surface area contributed by atoms with Crippen molar-refractivity contribution in [3.63, 3.8) is 0 Å². The van der Waals surface area contributed by atoms with Gasteiger partial charge in [-0.15, -0.1) is 0 Å². The molecule has 145 heavy (non-hydrogen) atoms. The molecular weight excluding hydrogens is 1970 g/mol. The van der Waals surface area contributed by atoms with Crippen molar-refractivity contribution in [2.45, 2.75) is 183 Å². The number of aromatic carboxylic acids is 2. The third kappa shape index (κ3) is 20.5. The second-order valence-corrected chi connectivity index (χ2v) is 36.3. The fourth-order valence-electron chi connectivity index (χ4n) is 19.2. The lowest BCUT2D eigenvalue weighted by molar-refractivity contribution is -0.145. The molecule has 0 unspecified atom stereocenters. The van der Waals surface area contributed by atoms with E-state index in [2.05, 4.69) is 9.97 Å². The van der Waals surface area contributed by atoms with E-state index >= 15 is 4.39 Å². The predicted octanol–water partition coefficient (Wildman–Crippen LogP) is 26.8. The van der Waals surface area contributed by atoms with E-state index in [9.17, 15) is 136 Å². The summed E-state index contributed by atoms with van der Waals surface area (Å²) in [5, 5.41) is 28.0. The lowest BCUT2D eigenvalue weighted by Crippen LogP contribution is -2.36. The molecule has 0 radical (unpaired) electrons. The summed E-state index contributed by atoms with van der Waals surface area (Å²) in [5.74, 6) is -3.60. The minimum absolute atomic E-state index is 0.00139. The number of carboxylic acids is 3. The van der Waals surface area contributed by atoms with Crippen molar-refractivity contribution < 1.29 is 169 Å². The lowest BCUT2D eigenvalue weighted by atomic mass is 9.71. The Balaban J connectivity index is 0.000000157. The summed E-state index contributed by atoms with van der Waals surface area (Å²) in [4.78, 5) is 90.1. The maximum Gasteiger partial charge on any atom is 0.433 e. The van der Waals surface area contributed by atoms with E-state index in [1.165, 1.54) is 56.5 Å². The van der Waals surface area contributed by atoms with Gasteiger partial charge in [-0.2, -0.15) is 92.2 Å². The first-order valence-electron chi connectivity index (χ1n) is 44.3. The topological polar surface area (TPSA) is 267 Å². The summed E-state index contributed by atoms with van der Waals surface area (Å²) in [6.07, 6.45) is -39.7. The van der Waals surface area contributed by atoms with Crippen LogP contribution >= 0.6 is 0 Å². The molecule has 3 spiro atoms. The van der Waals surface area contributed by atoms with Crippen molar-refractivity contribution in [1.82, 2.24) is 29.7 Å². The van der Waals surface area contributed by atoms with Gasteiger partial charge in [-0.1, -0.05) is 54.1 Å². The highest BCUT2D eigenvalue weighted by molar-refractivity contribution is 5.91. The largest absolute Gasteiger partial charge is 0.496 e. The number of cyclic esters (lactones) is 3. The maximum atomic E-state index is 15.5. The Morgan fingerprint density at radius 3 is 1.08 bits per heavy atom. The van der Waals surface area contributed by atoms with Crippen LogP contribution < -0.4 is 14.2 Å². The molecule has 0 bridgehead atoms. The van der Waals surface area contributed by atoms with Crippen LogP contribution in [0.5, 0.6) is 17.2 Å². The minimum Gasteiger partial charge on any atom is -0.496 e. The number of aromatic nitrogens is 3. The Hall–Kier alpha value is -14.7. The fraction of sp³-hybridized carbons (Fsp3) is 0.324. The molecular formula is C102H80F22N6O15. The van der Waals surface area contributed by atoms with Gasteiger partial charge in [0, 0.05) is 50.7 Å². The average molecular weight is 2050 g/mol. The molecule has 3 atom stereocenters. The predicted molar refractivity (Wildman–Crippen MR) is 470 cm³/mol. The molecule has 21 nitrogen and oxygen atoms in total. The number of ether oxygens (including phenoxy) is 6. The number of nitrogens with zero attached hydrogens (tertiary/aromatic N) is 6. The first-order chi connectivity index (χ1) is 67.7. The van der Waals surface area contributed by atoms with Crippen molar-refractivity contribution in [3.8, 4) is 72.9 Å². The smallest absolute Gasteiger partial charge is 0.433 e. The number of hydrogen-bond acceptors (Lipinski definition) is 15. The molecule has 7 aliphatic rings. The zero-order valence-electron chi connectivity index (χ0n) is 76.6. The number of aliphatic carboxylic acids is 1. The molecule has 3 amide bonds. The van der Waals surface area contributed by atoms with E-state index in [4.69, 9.17) is 33.4 Å². The van der Waals surface area contributed by atoms with E-state index in [0.717, 1.165) is 75.7 Å². The summed E-state index contributed by atoms with van der Waals surface area (Å²) in [7, 11) is 4.05. The number of pyridine rings is 3. The number of carbonyl (C=O) groups excluding carboxylic acids is 3. The molecule has 3 saturated heterocycles. The number of aryl methyl sites for hydroxylation is 4. The van der Waals surface area contributed by atoms with Crippen LogP contribution in [0.1, 0.15) is 197 Å². The molecule has 7 fully saturated rings. The standard InChI is InChI=1S/C35H24F10N2O5.C35H25F9N2O5.C32H31F3N2O5/c1-16-9-17(30(48)49)3-4-21(16)23-13-24(27(51-2)14-25(23)36)22-5-6-28(35(43,44)45)46-26(22)15-47-31(50)52-29(32(47)7-8-32)18-10-19(33(37,38)39)12-20(11-18)34(40,41)42;1-17-11-19(30(47)48)3-5-23(17)18-4-7-27(50-2)25(14-18)24-6-8-28(35(42,43)44)45-26(24)16-46-31(49)51-29(32(46)9-10-32)20-12-21(33(36,37)38)15-22(13-20)34(39,40)41;1-17-10-21(14-23(11-17)32(33,34)35)28-31(8-9-31)37(30(40)42-28)16-26-24(6-4-18(2)36-26)25-15-19(5-7-27(25)41-3)20-12-22(13-20)29(38)39/h3-6,9-14,29H,7-8,15H2,1-2H3,(H,48,49);3-8,11-15,29H,9-10,16H2,1-2H3,(H,47,48);4-7,10-11,14-15,20,22,28H,8-9,12-13,16H2,1-3H3,(H,38,39)/t2*29-;20?,22?,28-/m111/s1. The van der Waals surface area contributed by atoms with Crippen LogP contribution in [-0.2, 0) is 81.9 Å². The lowest BCUT2D eigenvalue weighted by Gasteiger charge is -2.33. The van der Waals surface area contributed by atoms with E-state index in [0.29, 0.717) is 101 Å². The summed E-state index contributed by atoms with van der Waals surface area (Å²) >= 11 is 0. The summed E-state index contributed by atoms with van der Waals surface area (Å²) in [5.41, 5.74) is -8.63. The van der Waals surface area contributed by atoms with Crippen LogP contribution in [0.15, 0.2) is 176 Å². The van der Waals surface area contributed by atoms with Gasteiger partial charge in [0.2, 0.25) is 0 Å². The Labute approximate surface area is 808 Å². The normalized spacial score (nSPS) is 18.7. The monoisotopic (exact) mass is 2050 g/mol. The average Bonchev–Trinajstić information content (AvgIpc) is 1.55. The second kappa shape index (κ2) is 37.5. The summed E-state index contributed by atoms with van der Waals surface area (Å²) in [6, 6.07) is 33.8. The van der Waals surface area contributed by atoms with Gasteiger partial charge in [-0.05, 0) is 256 Å². The number of rotatable bonds is 21. The number of benzene rings is 8. The molecule has 6 heterocycles. The zero-order valence-corrected chi connectivity index (χ0v) is 76.6. The Morgan fingerprint density at radius 1 is 0.359 bits per heavy atom. The number of methoxy groups -OCH3 is 3. The van der Waals surface area contributed by atoms with E-state index in [-0.39, 0.29) is 118 Å². The molecule has 8 aromatic carbocycles. The highest BCUT2D eigenvalue weighted by atomic mass is 19.4. The van der Waals surface area contributed by atoms with Gasteiger partial charge in [-0.25, -0.2) is 38.3 Å². The van der Waals surface area contributed by atoms with Crippen molar-refractivity contribution in [3.05, 3.63) is 294 Å². The molecule has 18 rings (SSSR count). The minimum atomic E-state index is -5.20. The van der Waals surface area contributed by atoms with Crippen molar-refractivity contribution in [2.75, 3.05) is 21.3 Å². The van der Waals surface area contributed by atoms with Crippen LogP contribution in [0.3, 0.4) is 0 Å². The number of amides is 3. The van der Waals surface area contributed by atoms with Crippen LogP contribution in [0.4, 0.5) is 111 Å². The van der Waals surface area contributed by atoms with E-state index in [1.807, 2.05) is 37.3 Å². The number of carboxylic acid groups (broad SMARTS) is 3. The SMILES string of the molecule is COc1cc(F)c(-c2ccc(C(=O)O)cc2C)cc1-c1ccc(C(F)(F)F)nc1CN1C(=O)O[C@H](c2cc(C(F)(F)F)cc(C(F)(F)F)c2)C12CC2.COc1ccc(-c2ccc(C(=O)O)cc2C)cc1-c1ccc(C(F)(F)F)nc1CN1C(=O)O[C@H](c2cc(C(F)(F)F)cc(C(F)(F)F)c2)C12CC2.COc1ccc(C2CC(C(=O)O)C2)cc1-c1ccc(C)nc1CN1C(=O)O[C@H](c2cc(C)cc(C(F)(F)F)c2)C12CC2. The fourth-order valence-corrected chi connectivity index (χ4v) is 19.2. The number of carbonyl (C=O) groups is 6. The maximum absolute atomic E-state index is 15.5. The first kappa shape index (κ1) is 103. The van der Waals surface area contributed by atoms with Gasteiger partial charge < -0.3 is 43.7 Å². The Morgan fingerprint density at radius 2 is 0.710 bits per heavy atom. The van der Waals surface area contributed by atoms with Crippen molar-refractivity contribution >= 4 is 36.2 Å². The highest BCUT2D eigenvalue weighted by Gasteiger charge is 2.67. The second-order valence-electron chi connectivity index (χ2n) is 36.3.